The van der Waals surface area contributed by atoms with E-state index in [4.69, 9.17) is 9.05 Å². The molecule has 1 unspecified atom stereocenters. The highest BCUT2D eigenvalue weighted by Crippen LogP contribution is 2.66. The smallest absolute Gasteiger partial charge is 0.305 e. The van der Waals surface area contributed by atoms with Gasteiger partial charge in [0.1, 0.15) is 17.0 Å². The van der Waals surface area contributed by atoms with Crippen molar-refractivity contribution in [2.24, 2.45) is 0 Å². The first-order chi connectivity index (χ1) is 14.9. The molecule has 2 aromatic rings. The first kappa shape index (κ1) is 26.6. The van der Waals surface area contributed by atoms with Crippen LogP contribution in [0.5, 0.6) is 0 Å². The van der Waals surface area contributed by atoms with E-state index >= 15 is 8.78 Å². The first-order valence-electron chi connectivity index (χ1n) is 9.54. The highest BCUT2D eigenvalue weighted by Gasteiger charge is 2.60. The second kappa shape index (κ2) is 10.5. The van der Waals surface area contributed by atoms with Crippen molar-refractivity contribution in [2.75, 3.05) is 13.2 Å². The van der Waals surface area contributed by atoms with Crippen molar-refractivity contribution >= 4 is 18.6 Å². The molecule has 0 saturated carbocycles. The van der Waals surface area contributed by atoms with E-state index in [2.05, 4.69) is 4.72 Å². The molecule has 0 radical (unpaired) electrons. The second-order valence-corrected chi connectivity index (χ2v) is 10.0. The first-order valence-corrected chi connectivity index (χ1v) is 12.2. The number of alkyl halides is 5. The van der Waals surface area contributed by atoms with Crippen molar-refractivity contribution in [2.45, 2.75) is 43.5 Å². The highest BCUT2D eigenvalue weighted by molar-refractivity contribution is 7.83. The Hall–Kier alpha value is -1.65. The quantitative estimate of drug-likeness (QED) is 0.311. The lowest BCUT2D eigenvalue weighted by atomic mass is 10.1. The van der Waals surface area contributed by atoms with Crippen LogP contribution in [0.15, 0.2) is 53.4 Å². The molecule has 1 N–H and O–H groups in total. The third-order valence-corrected chi connectivity index (χ3v) is 7.68. The largest absolute Gasteiger partial charge is 0.416 e. The van der Waals surface area contributed by atoms with Gasteiger partial charge < -0.3 is 9.05 Å². The molecule has 5 nitrogen and oxygen atoms in total. The van der Waals surface area contributed by atoms with Gasteiger partial charge in [-0.3, -0.25) is 4.57 Å². The number of benzene rings is 2. The van der Waals surface area contributed by atoms with Crippen LogP contribution < -0.4 is 4.72 Å². The topological polar surface area (TPSA) is 64.6 Å². The SMILES string of the molecule is CCOP(=O)(OCC)C(F)(F)[C@H](NS(=O)c1ccc(C)cc1)c1ccc(C(F)(F)F)cc1. The maximum atomic E-state index is 15.5. The minimum atomic E-state index is -5.10. The van der Waals surface area contributed by atoms with Gasteiger partial charge in [0, 0.05) is 0 Å². The van der Waals surface area contributed by atoms with Crippen molar-refractivity contribution in [3.05, 3.63) is 65.2 Å². The maximum Gasteiger partial charge on any atom is 0.416 e. The van der Waals surface area contributed by atoms with Gasteiger partial charge in [0.15, 0.2) is 0 Å². The number of aryl methyl sites for hydroxylation is 1. The molecular formula is C20H23F5NO4PS. The van der Waals surface area contributed by atoms with E-state index in [0.717, 1.165) is 17.7 Å². The van der Waals surface area contributed by atoms with Gasteiger partial charge in [-0.15, -0.1) is 0 Å². The van der Waals surface area contributed by atoms with Crippen LogP contribution in [0, 0.1) is 6.92 Å². The molecule has 2 aromatic carbocycles. The lowest BCUT2D eigenvalue weighted by molar-refractivity contribution is -0.137. The van der Waals surface area contributed by atoms with E-state index in [1.807, 2.05) is 0 Å². The number of hydrogen-bond donors (Lipinski definition) is 1. The fraction of sp³-hybridized carbons (Fsp3) is 0.400. The molecule has 0 bridgehead atoms. The Morgan fingerprint density at radius 3 is 1.88 bits per heavy atom. The summed E-state index contributed by atoms with van der Waals surface area (Å²) in [6.45, 7) is 3.72. The fourth-order valence-corrected chi connectivity index (χ4v) is 5.48. The Bertz CT molecular complexity index is 957. The van der Waals surface area contributed by atoms with E-state index in [1.165, 1.54) is 26.0 Å². The van der Waals surface area contributed by atoms with Crippen LogP contribution in [-0.2, 0) is 30.8 Å². The summed E-state index contributed by atoms with van der Waals surface area (Å²) in [6.07, 6.45) is -4.68. The lowest BCUT2D eigenvalue weighted by Gasteiger charge is -2.32. The molecule has 2 rings (SSSR count). The van der Waals surface area contributed by atoms with E-state index in [-0.39, 0.29) is 23.7 Å². The van der Waals surface area contributed by atoms with Crippen LogP contribution in [0.2, 0.25) is 0 Å². The van der Waals surface area contributed by atoms with Gasteiger partial charge in [-0.25, -0.2) is 8.93 Å². The van der Waals surface area contributed by atoms with Crippen LogP contribution in [0.25, 0.3) is 0 Å². The molecule has 0 saturated heterocycles. The zero-order valence-corrected chi connectivity index (χ0v) is 19.2. The summed E-state index contributed by atoms with van der Waals surface area (Å²) < 4.78 is 107. The predicted molar refractivity (Wildman–Crippen MR) is 111 cm³/mol. The zero-order valence-electron chi connectivity index (χ0n) is 17.5. The molecule has 0 spiro atoms. The van der Waals surface area contributed by atoms with Crippen molar-refractivity contribution in [1.29, 1.82) is 0 Å². The van der Waals surface area contributed by atoms with Crippen molar-refractivity contribution in [3.63, 3.8) is 0 Å². The summed E-state index contributed by atoms with van der Waals surface area (Å²) in [4.78, 5) is 0.144. The Morgan fingerprint density at radius 1 is 0.938 bits per heavy atom. The van der Waals surface area contributed by atoms with Crippen LogP contribution in [0.3, 0.4) is 0 Å². The molecule has 0 aliphatic heterocycles. The Kier molecular flexibility index (Phi) is 8.75. The average molecular weight is 499 g/mol. The summed E-state index contributed by atoms with van der Waals surface area (Å²) in [5, 5.41) is 0. The number of halogens is 5. The number of hydrogen-bond acceptors (Lipinski definition) is 4. The van der Waals surface area contributed by atoms with Crippen molar-refractivity contribution in [1.82, 2.24) is 4.72 Å². The average Bonchev–Trinajstić information content (AvgIpc) is 2.72. The van der Waals surface area contributed by atoms with Gasteiger partial charge in [0.25, 0.3) is 0 Å². The van der Waals surface area contributed by atoms with Crippen LogP contribution in [0.4, 0.5) is 22.0 Å². The zero-order chi connectivity index (χ0) is 24.2. The second-order valence-electron chi connectivity index (χ2n) is 6.67. The fourth-order valence-electron chi connectivity index (χ4n) is 2.75. The molecule has 12 heteroatoms. The van der Waals surface area contributed by atoms with Crippen LogP contribution in [-0.4, -0.2) is 23.1 Å². The van der Waals surface area contributed by atoms with Gasteiger partial charge in [-0.2, -0.15) is 22.0 Å². The van der Waals surface area contributed by atoms with Crippen molar-refractivity contribution < 1.29 is 39.8 Å². The lowest BCUT2D eigenvalue weighted by Crippen LogP contribution is -2.39. The molecule has 0 aliphatic carbocycles. The minimum absolute atomic E-state index is 0.144. The van der Waals surface area contributed by atoms with E-state index in [1.54, 1.807) is 19.1 Å². The Morgan fingerprint density at radius 2 is 1.44 bits per heavy atom. The highest BCUT2D eigenvalue weighted by atomic mass is 32.2. The molecule has 0 aromatic heterocycles. The van der Waals surface area contributed by atoms with Gasteiger partial charge >= 0.3 is 19.4 Å². The molecule has 0 fully saturated rings. The third kappa shape index (κ3) is 6.02. The monoisotopic (exact) mass is 499 g/mol. The molecule has 2 atom stereocenters. The van der Waals surface area contributed by atoms with E-state index in [0.29, 0.717) is 12.1 Å². The van der Waals surface area contributed by atoms with E-state index < -0.39 is 42.0 Å². The molecule has 0 heterocycles. The molecule has 32 heavy (non-hydrogen) atoms. The Balaban J connectivity index is 2.53. The van der Waals surface area contributed by atoms with Crippen LogP contribution in [0.1, 0.15) is 36.6 Å². The van der Waals surface area contributed by atoms with Gasteiger partial charge in [-0.05, 0) is 50.6 Å². The van der Waals surface area contributed by atoms with Crippen LogP contribution >= 0.6 is 7.60 Å². The molecule has 0 aliphatic rings. The maximum absolute atomic E-state index is 15.5. The van der Waals surface area contributed by atoms with Gasteiger partial charge in [0.2, 0.25) is 0 Å². The number of nitrogens with one attached hydrogen (secondary N) is 1. The summed E-state index contributed by atoms with van der Waals surface area (Å²) in [7, 11) is -7.31. The Labute approximate surface area is 185 Å². The standard InChI is InChI=1S/C20H23F5NO4PS/c1-4-29-31(27,30-5-2)20(24,25)18(15-8-10-16(11-9-15)19(21,22)23)26-32(28)17-12-6-14(3)7-13-17/h6-13,18,26H,4-5H2,1-3H3/t18-,32?/m1/s1. The minimum Gasteiger partial charge on any atom is -0.305 e. The predicted octanol–water partition coefficient (Wildman–Crippen LogP) is 6.23. The summed E-state index contributed by atoms with van der Waals surface area (Å²) >= 11 is 0. The summed E-state index contributed by atoms with van der Waals surface area (Å²) in [5.74, 6) is 0. The van der Waals surface area contributed by atoms with Gasteiger partial charge in [-0.1, -0.05) is 29.8 Å². The van der Waals surface area contributed by atoms with Crippen molar-refractivity contribution in [3.8, 4) is 0 Å². The molecular weight excluding hydrogens is 476 g/mol. The molecule has 178 valence electrons. The summed E-state index contributed by atoms with van der Waals surface area (Å²) in [5.41, 5.74) is -4.85. The number of rotatable bonds is 10. The van der Waals surface area contributed by atoms with Gasteiger partial charge in [0.05, 0.1) is 23.7 Å². The normalized spacial score (nSPS) is 14.9. The van der Waals surface area contributed by atoms with E-state index in [9.17, 15) is 21.9 Å². The molecule has 0 amide bonds. The summed E-state index contributed by atoms with van der Waals surface area (Å²) in [6, 6.07) is 6.73. The third-order valence-electron chi connectivity index (χ3n) is 4.34.